The van der Waals surface area contributed by atoms with E-state index in [1.807, 2.05) is 0 Å². The van der Waals surface area contributed by atoms with E-state index < -0.39 is 0 Å². The average molecular weight is 364 g/mol. The molecular formula is C17H41N5O3. The number of nitrogens with one attached hydrogen (secondary N) is 4. The first-order valence-corrected chi connectivity index (χ1v) is 9.51. The molecule has 0 aromatic heterocycles. The van der Waals surface area contributed by atoms with Crippen molar-refractivity contribution in [2.75, 3.05) is 72.0 Å². The van der Waals surface area contributed by atoms with Crippen molar-refractivity contribution in [3.05, 3.63) is 0 Å². The van der Waals surface area contributed by atoms with Crippen LogP contribution in [0.1, 0.15) is 20.8 Å². The van der Waals surface area contributed by atoms with Gasteiger partial charge in [-0.2, -0.15) is 0 Å². The third-order valence-electron chi connectivity index (χ3n) is 3.53. The van der Waals surface area contributed by atoms with Crippen LogP contribution in [0.5, 0.6) is 0 Å². The van der Waals surface area contributed by atoms with E-state index in [4.69, 9.17) is 5.11 Å². The van der Waals surface area contributed by atoms with Crippen LogP contribution >= 0.6 is 0 Å². The highest BCUT2D eigenvalue weighted by Gasteiger charge is 2.10. The van der Waals surface area contributed by atoms with Gasteiger partial charge in [0.1, 0.15) is 0 Å². The van der Waals surface area contributed by atoms with Crippen LogP contribution in [0.25, 0.3) is 0 Å². The lowest BCUT2D eigenvalue weighted by molar-refractivity contribution is 0.0842. The van der Waals surface area contributed by atoms with Gasteiger partial charge >= 0.3 is 0 Å². The second kappa shape index (κ2) is 17.1. The maximum atomic E-state index is 9.48. The van der Waals surface area contributed by atoms with Crippen LogP contribution in [-0.2, 0) is 0 Å². The minimum Gasteiger partial charge on any atom is -0.392 e. The first-order chi connectivity index (χ1) is 11.9. The monoisotopic (exact) mass is 363 g/mol. The summed E-state index contributed by atoms with van der Waals surface area (Å²) in [6.45, 7) is 14.2. The Morgan fingerprint density at radius 2 is 1.00 bits per heavy atom. The van der Waals surface area contributed by atoms with Gasteiger partial charge in [0.25, 0.3) is 0 Å². The second-order valence-corrected chi connectivity index (χ2v) is 6.76. The van der Waals surface area contributed by atoms with Crippen molar-refractivity contribution in [1.29, 1.82) is 0 Å². The van der Waals surface area contributed by atoms with Crippen molar-refractivity contribution in [2.24, 2.45) is 0 Å². The standard InChI is InChI=1S/C17H41N5O3/c1-15(23)12-21-9-8-19-5-4-18-6-7-20-10-11-22(13-16(2)24)14-17(3)25/h15-21,23-25H,4-14H2,1-3H3. The zero-order valence-electron chi connectivity index (χ0n) is 16.3. The molecule has 0 saturated carbocycles. The summed E-state index contributed by atoms with van der Waals surface area (Å²) in [5.74, 6) is 0. The molecule has 0 amide bonds. The zero-order chi connectivity index (χ0) is 18.9. The normalized spacial score (nSPS) is 15.5. The fraction of sp³-hybridized carbons (Fsp3) is 1.00. The van der Waals surface area contributed by atoms with Crippen LogP contribution in [-0.4, -0.2) is 111 Å². The number of hydrogen-bond donors (Lipinski definition) is 7. The summed E-state index contributed by atoms with van der Waals surface area (Å²) >= 11 is 0. The van der Waals surface area contributed by atoms with Crippen LogP contribution in [0, 0.1) is 0 Å². The van der Waals surface area contributed by atoms with E-state index in [0.717, 1.165) is 52.4 Å². The van der Waals surface area contributed by atoms with Gasteiger partial charge in [-0.15, -0.1) is 0 Å². The topological polar surface area (TPSA) is 112 Å². The minimum atomic E-state index is -0.379. The molecule has 0 aliphatic heterocycles. The SMILES string of the molecule is CC(O)CNCCNCCNCCNCCN(CC(C)O)CC(C)O. The molecule has 0 saturated heterocycles. The Morgan fingerprint density at radius 1 is 0.600 bits per heavy atom. The first kappa shape index (κ1) is 24.7. The van der Waals surface area contributed by atoms with Gasteiger partial charge in [0, 0.05) is 72.0 Å². The van der Waals surface area contributed by atoms with E-state index in [1.165, 1.54) is 0 Å². The summed E-state index contributed by atoms with van der Waals surface area (Å²) in [5, 5.41) is 41.3. The van der Waals surface area contributed by atoms with Crippen molar-refractivity contribution in [3.63, 3.8) is 0 Å². The summed E-state index contributed by atoms with van der Waals surface area (Å²) in [5.41, 5.74) is 0. The molecule has 3 unspecified atom stereocenters. The third-order valence-corrected chi connectivity index (χ3v) is 3.53. The lowest BCUT2D eigenvalue weighted by atomic mass is 10.3. The molecule has 0 bridgehead atoms. The Hall–Kier alpha value is -0.320. The Balaban J connectivity index is 3.36. The van der Waals surface area contributed by atoms with Gasteiger partial charge in [-0.3, -0.25) is 4.90 Å². The molecule has 0 aromatic rings. The highest BCUT2D eigenvalue weighted by molar-refractivity contribution is 4.66. The average Bonchev–Trinajstić information content (AvgIpc) is 2.50. The molecule has 0 heterocycles. The predicted molar refractivity (Wildman–Crippen MR) is 103 cm³/mol. The van der Waals surface area contributed by atoms with Crippen molar-refractivity contribution in [1.82, 2.24) is 26.2 Å². The second-order valence-electron chi connectivity index (χ2n) is 6.76. The largest absolute Gasteiger partial charge is 0.392 e. The molecule has 0 spiro atoms. The summed E-state index contributed by atoms with van der Waals surface area (Å²) in [4.78, 5) is 2.07. The highest BCUT2D eigenvalue weighted by Crippen LogP contribution is 1.94. The molecule has 0 aliphatic carbocycles. The number of aliphatic hydroxyl groups excluding tert-OH is 3. The van der Waals surface area contributed by atoms with Gasteiger partial charge in [-0.25, -0.2) is 0 Å². The Bertz CT molecular complexity index is 271. The van der Waals surface area contributed by atoms with Crippen molar-refractivity contribution in [2.45, 2.75) is 39.1 Å². The maximum absolute atomic E-state index is 9.48. The first-order valence-electron chi connectivity index (χ1n) is 9.51. The molecule has 0 rings (SSSR count). The van der Waals surface area contributed by atoms with E-state index in [0.29, 0.717) is 19.6 Å². The minimum absolute atomic E-state index is 0.291. The summed E-state index contributed by atoms with van der Waals surface area (Å²) in [6.07, 6.45) is -1.05. The van der Waals surface area contributed by atoms with Crippen molar-refractivity contribution in [3.8, 4) is 0 Å². The molecule has 0 aromatic carbocycles. The lowest BCUT2D eigenvalue weighted by Crippen LogP contribution is -2.41. The molecule has 0 fully saturated rings. The third kappa shape index (κ3) is 19.8. The summed E-state index contributed by atoms with van der Waals surface area (Å²) in [6, 6.07) is 0. The fourth-order valence-electron chi connectivity index (χ4n) is 2.46. The predicted octanol–water partition coefficient (Wildman–Crippen LogP) is -2.21. The van der Waals surface area contributed by atoms with Gasteiger partial charge in [-0.1, -0.05) is 0 Å². The van der Waals surface area contributed by atoms with Gasteiger partial charge < -0.3 is 36.6 Å². The van der Waals surface area contributed by atoms with Gasteiger partial charge in [0.15, 0.2) is 0 Å². The lowest BCUT2D eigenvalue weighted by Gasteiger charge is -2.25. The van der Waals surface area contributed by atoms with E-state index in [1.54, 1.807) is 20.8 Å². The fourth-order valence-corrected chi connectivity index (χ4v) is 2.46. The Labute approximate surface area is 153 Å². The van der Waals surface area contributed by atoms with Crippen LogP contribution in [0.3, 0.4) is 0 Å². The van der Waals surface area contributed by atoms with Gasteiger partial charge in [0.05, 0.1) is 18.3 Å². The van der Waals surface area contributed by atoms with Crippen LogP contribution in [0.4, 0.5) is 0 Å². The van der Waals surface area contributed by atoms with E-state index in [2.05, 4.69) is 26.2 Å². The van der Waals surface area contributed by atoms with Gasteiger partial charge in [-0.05, 0) is 20.8 Å². The molecule has 25 heavy (non-hydrogen) atoms. The number of rotatable bonds is 18. The number of aliphatic hydroxyl groups is 3. The molecule has 8 nitrogen and oxygen atoms in total. The smallest absolute Gasteiger partial charge is 0.0639 e. The molecule has 0 radical (unpaired) electrons. The summed E-state index contributed by atoms with van der Waals surface area (Å²) < 4.78 is 0. The van der Waals surface area contributed by atoms with E-state index >= 15 is 0 Å². The molecule has 3 atom stereocenters. The van der Waals surface area contributed by atoms with Crippen LogP contribution in [0.2, 0.25) is 0 Å². The molecule has 8 heteroatoms. The summed E-state index contributed by atoms with van der Waals surface area (Å²) in [7, 11) is 0. The molecule has 7 N–H and O–H groups in total. The molecule has 0 aliphatic rings. The van der Waals surface area contributed by atoms with E-state index in [9.17, 15) is 10.2 Å². The Morgan fingerprint density at radius 3 is 1.40 bits per heavy atom. The van der Waals surface area contributed by atoms with Crippen molar-refractivity contribution < 1.29 is 15.3 Å². The molecule has 152 valence electrons. The van der Waals surface area contributed by atoms with E-state index in [-0.39, 0.29) is 18.3 Å². The van der Waals surface area contributed by atoms with Gasteiger partial charge in [0.2, 0.25) is 0 Å². The van der Waals surface area contributed by atoms with Crippen LogP contribution in [0.15, 0.2) is 0 Å². The number of nitrogens with zero attached hydrogens (tertiary/aromatic N) is 1. The number of hydrogen-bond acceptors (Lipinski definition) is 8. The quantitative estimate of drug-likeness (QED) is 0.137. The Kier molecular flexibility index (Phi) is 16.9. The molecular weight excluding hydrogens is 322 g/mol. The highest BCUT2D eigenvalue weighted by atomic mass is 16.3. The van der Waals surface area contributed by atoms with Crippen molar-refractivity contribution >= 4 is 0 Å². The maximum Gasteiger partial charge on any atom is 0.0639 e. The zero-order valence-corrected chi connectivity index (χ0v) is 16.3. The van der Waals surface area contributed by atoms with Crippen LogP contribution < -0.4 is 21.3 Å².